The maximum absolute atomic E-state index is 14.0. The molecule has 0 saturated heterocycles. The molecule has 8 nitrogen and oxygen atoms in total. The number of rotatable bonds is 9. The number of anilines is 2. The second kappa shape index (κ2) is 14.3. The van der Waals surface area contributed by atoms with Crippen molar-refractivity contribution in [1.82, 2.24) is 5.32 Å². The van der Waals surface area contributed by atoms with E-state index in [4.69, 9.17) is 9.47 Å². The molecule has 220 valence electrons. The number of ether oxygens (including phenoxy) is 2. The second-order valence-corrected chi connectivity index (χ2v) is 10.7. The van der Waals surface area contributed by atoms with Gasteiger partial charge in [0.25, 0.3) is 0 Å². The van der Waals surface area contributed by atoms with Crippen LogP contribution < -0.4 is 15.1 Å². The largest absolute Gasteiger partial charge is 0.466 e. The molecule has 2 amide bonds. The molecule has 0 radical (unpaired) electrons. The van der Waals surface area contributed by atoms with E-state index in [1.807, 2.05) is 43.3 Å². The van der Waals surface area contributed by atoms with Crippen LogP contribution in [-0.4, -0.2) is 52.3 Å². The van der Waals surface area contributed by atoms with Gasteiger partial charge in [0, 0.05) is 43.5 Å². The topological polar surface area (TPSA) is 88.2 Å². The number of methoxy groups -OCH3 is 2. The van der Waals surface area contributed by atoms with Crippen LogP contribution in [0.1, 0.15) is 36.8 Å². The van der Waals surface area contributed by atoms with Crippen molar-refractivity contribution in [2.45, 2.75) is 38.3 Å². The molecule has 0 aromatic heterocycles. The van der Waals surface area contributed by atoms with E-state index < -0.39 is 12.1 Å². The van der Waals surface area contributed by atoms with Gasteiger partial charge < -0.3 is 24.6 Å². The summed E-state index contributed by atoms with van der Waals surface area (Å²) >= 11 is 0. The predicted molar refractivity (Wildman–Crippen MR) is 166 cm³/mol. The highest BCUT2D eigenvalue weighted by atomic mass is 16.5. The monoisotopic (exact) mass is 569 g/mol. The number of hydrogen-bond donors (Lipinski definition) is 1. The third kappa shape index (κ3) is 8.00. The number of alkyl carbamates (subject to hydrolysis) is 1. The number of esters is 1. The van der Waals surface area contributed by atoms with Crippen LogP contribution in [0, 0.1) is 5.92 Å². The Morgan fingerprint density at radius 1 is 0.833 bits per heavy atom. The first-order valence-corrected chi connectivity index (χ1v) is 14.2. The van der Waals surface area contributed by atoms with Gasteiger partial charge in [-0.3, -0.25) is 4.79 Å². The normalized spacial score (nSPS) is 16.5. The molecule has 1 saturated carbocycles. The van der Waals surface area contributed by atoms with Crippen LogP contribution in [0.5, 0.6) is 0 Å². The van der Waals surface area contributed by atoms with Crippen molar-refractivity contribution in [2.24, 2.45) is 5.92 Å². The SMILES string of the molecule is COC(=O)/C=C/c1cccc(N(Cc2ccc(-c3ccc(N(C)C)cc3)cc2)C(=O)[C@H]2CC[C@H](NC(=O)OC)CC2)c1. The van der Waals surface area contributed by atoms with Crippen molar-refractivity contribution in [3.8, 4) is 11.1 Å². The number of hydrogen-bond acceptors (Lipinski definition) is 6. The summed E-state index contributed by atoms with van der Waals surface area (Å²) in [6.45, 7) is 0.406. The van der Waals surface area contributed by atoms with Gasteiger partial charge >= 0.3 is 12.1 Å². The van der Waals surface area contributed by atoms with Crippen LogP contribution in [0.4, 0.5) is 16.2 Å². The average molecular weight is 570 g/mol. The van der Waals surface area contributed by atoms with E-state index in [1.54, 1.807) is 6.08 Å². The number of nitrogens with zero attached hydrogens (tertiary/aromatic N) is 2. The van der Waals surface area contributed by atoms with E-state index in [0.29, 0.717) is 32.2 Å². The van der Waals surface area contributed by atoms with Crippen LogP contribution in [0.15, 0.2) is 78.9 Å². The van der Waals surface area contributed by atoms with E-state index >= 15 is 0 Å². The van der Waals surface area contributed by atoms with Crippen molar-refractivity contribution < 1.29 is 23.9 Å². The smallest absolute Gasteiger partial charge is 0.407 e. The summed E-state index contributed by atoms with van der Waals surface area (Å²) in [5, 5.41) is 2.86. The zero-order valence-corrected chi connectivity index (χ0v) is 24.7. The number of carbonyl (C=O) groups is 3. The summed E-state index contributed by atoms with van der Waals surface area (Å²) < 4.78 is 9.45. The fourth-order valence-corrected chi connectivity index (χ4v) is 5.19. The second-order valence-electron chi connectivity index (χ2n) is 10.7. The fourth-order valence-electron chi connectivity index (χ4n) is 5.19. The quantitative estimate of drug-likeness (QED) is 0.249. The maximum atomic E-state index is 14.0. The van der Waals surface area contributed by atoms with Gasteiger partial charge in [-0.1, -0.05) is 48.5 Å². The summed E-state index contributed by atoms with van der Waals surface area (Å²) in [5.41, 5.74) is 5.93. The molecule has 0 bridgehead atoms. The van der Waals surface area contributed by atoms with Gasteiger partial charge in [0.2, 0.25) is 5.91 Å². The van der Waals surface area contributed by atoms with Gasteiger partial charge in [-0.05, 0) is 78.3 Å². The van der Waals surface area contributed by atoms with Crippen molar-refractivity contribution >= 4 is 35.4 Å². The zero-order chi connectivity index (χ0) is 30.1. The minimum Gasteiger partial charge on any atom is -0.466 e. The third-order valence-corrected chi connectivity index (χ3v) is 7.66. The standard InChI is InChI=1S/C34H39N3O5/c1-36(2)30-19-15-27(16-20-30)26-11-8-25(9-12-26)23-37(31-7-5-6-24(22-31)10-21-32(38)41-3)33(39)28-13-17-29(18-14-28)35-34(40)42-4/h5-12,15-16,19-22,28-29H,13-14,17-18,23H2,1-4H3,(H,35,40)/b21-10+/t28-,29-. The highest BCUT2D eigenvalue weighted by Gasteiger charge is 2.31. The van der Waals surface area contributed by atoms with E-state index in [9.17, 15) is 14.4 Å². The lowest BCUT2D eigenvalue weighted by Crippen LogP contribution is -2.42. The van der Waals surface area contributed by atoms with Crippen LogP contribution in [-0.2, 0) is 25.6 Å². The number of carbonyl (C=O) groups excluding carboxylic acids is 3. The Morgan fingerprint density at radius 3 is 2.07 bits per heavy atom. The highest BCUT2D eigenvalue weighted by Crippen LogP contribution is 2.30. The number of nitrogens with one attached hydrogen (secondary N) is 1. The lowest BCUT2D eigenvalue weighted by Gasteiger charge is -2.32. The van der Waals surface area contributed by atoms with Crippen molar-refractivity contribution in [3.05, 3.63) is 90.0 Å². The summed E-state index contributed by atoms with van der Waals surface area (Å²) in [6, 6.07) is 24.3. The Labute approximate surface area is 247 Å². The molecule has 0 spiro atoms. The minimum absolute atomic E-state index is 0.000993. The van der Waals surface area contributed by atoms with Crippen molar-refractivity contribution in [2.75, 3.05) is 38.1 Å². The summed E-state index contributed by atoms with van der Waals surface area (Å²) in [7, 11) is 6.73. The highest BCUT2D eigenvalue weighted by molar-refractivity contribution is 5.95. The van der Waals surface area contributed by atoms with Crippen LogP contribution in [0.3, 0.4) is 0 Å². The minimum atomic E-state index is -0.444. The molecule has 0 unspecified atom stereocenters. The summed E-state index contributed by atoms with van der Waals surface area (Å²) in [5.74, 6) is -0.560. The first kappa shape index (κ1) is 30.4. The zero-order valence-electron chi connectivity index (χ0n) is 24.7. The summed E-state index contributed by atoms with van der Waals surface area (Å²) in [6.07, 6.45) is 5.37. The molecule has 3 aromatic carbocycles. The number of amides is 2. The molecular weight excluding hydrogens is 530 g/mol. The molecule has 1 aliphatic carbocycles. The molecule has 4 rings (SSSR count). The van der Waals surface area contributed by atoms with Gasteiger partial charge in [-0.25, -0.2) is 9.59 Å². The molecular formula is C34H39N3O5. The molecule has 0 aliphatic heterocycles. The Bertz CT molecular complexity index is 1390. The lowest BCUT2D eigenvalue weighted by molar-refractivity contribution is -0.134. The molecule has 1 fully saturated rings. The molecule has 0 atom stereocenters. The Morgan fingerprint density at radius 2 is 1.48 bits per heavy atom. The summed E-state index contributed by atoms with van der Waals surface area (Å²) in [4.78, 5) is 41.2. The van der Waals surface area contributed by atoms with Gasteiger partial charge in [0.15, 0.2) is 0 Å². The van der Waals surface area contributed by atoms with Gasteiger partial charge in [0.05, 0.1) is 20.8 Å². The van der Waals surface area contributed by atoms with E-state index in [1.165, 1.54) is 20.3 Å². The van der Waals surface area contributed by atoms with Crippen molar-refractivity contribution in [1.29, 1.82) is 0 Å². The van der Waals surface area contributed by atoms with E-state index in [2.05, 4.69) is 58.7 Å². The Kier molecular flexibility index (Phi) is 10.4. The molecule has 3 aromatic rings. The Hall–Kier alpha value is -4.59. The molecule has 0 heterocycles. The van der Waals surface area contributed by atoms with Crippen molar-refractivity contribution in [3.63, 3.8) is 0 Å². The Balaban J connectivity index is 1.55. The van der Waals surface area contributed by atoms with Crippen LogP contribution in [0.25, 0.3) is 17.2 Å². The molecule has 42 heavy (non-hydrogen) atoms. The molecule has 8 heteroatoms. The van der Waals surface area contributed by atoms with Gasteiger partial charge in [-0.2, -0.15) is 0 Å². The van der Waals surface area contributed by atoms with E-state index in [-0.39, 0.29) is 17.9 Å². The predicted octanol–water partition coefficient (Wildman–Crippen LogP) is 6.05. The van der Waals surface area contributed by atoms with Crippen LogP contribution >= 0.6 is 0 Å². The van der Waals surface area contributed by atoms with Gasteiger partial charge in [0.1, 0.15) is 0 Å². The van der Waals surface area contributed by atoms with Crippen LogP contribution in [0.2, 0.25) is 0 Å². The molecule has 1 aliphatic rings. The first-order valence-electron chi connectivity index (χ1n) is 14.2. The van der Waals surface area contributed by atoms with E-state index in [0.717, 1.165) is 33.6 Å². The lowest BCUT2D eigenvalue weighted by atomic mass is 9.85. The maximum Gasteiger partial charge on any atom is 0.407 e. The fraction of sp³-hybridized carbons (Fsp3) is 0.324. The molecule has 1 N–H and O–H groups in total. The third-order valence-electron chi connectivity index (χ3n) is 7.66. The number of benzene rings is 3. The average Bonchev–Trinajstić information content (AvgIpc) is 3.03. The first-order chi connectivity index (χ1) is 20.3. The van der Waals surface area contributed by atoms with Gasteiger partial charge in [-0.15, -0.1) is 0 Å².